The summed E-state index contributed by atoms with van der Waals surface area (Å²) in [5.74, 6) is 0.241. The first-order valence-electron chi connectivity index (χ1n) is 13.3. The van der Waals surface area contributed by atoms with Crippen LogP contribution >= 0.6 is 22.9 Å². The van der Waals surface area contributed by atoms with Crippen molar-refractivity contribution >= 4 is 60.9 Å². The molecule has 1 amide bonds. The summed E-state index contributed by atoms with van der Waals surface area (Å²) in [4.78, 5) is 44.2. The molecule has 38 heavy (non-hydrogen) atoms. The molecule has 1 aromatic carbocycles. The first-order chi connectivity index (χ1) is 18.4. The van der Waals surface area contributed by atoms with Crippen LogP contribution < -0.4 is 15.6 Å². The van der Waals surface area contributed by atoms with E-state index in [0.717, 1.165) is 56.0 Å². The van der Waals surface area contributed by atoms with Crippen LogP contribution in [-0.4, -0.2) is 88.5 Å². The van der Waals surface area contributed by atoms with Gasteiger partial charge in [0.2, 0.25) is 11.4 Å². The Morgan fingerprint density at radius 2 is 1.89 bits per heavy atom. The molecule has 6 rings (SSSR count). The molecule has 1 N–H and O–H groups in total. The number of hydrogen-bond donors (Lipinski definition) is 1. The van der Waals surface area contributed by atoms with Crippen LogP contribution in [0.15, 0.2) is 29.2 Å². The van der Waals surface area contributed by atoms with E-state index in [1.165, 1.54) is 24.2 Å². The predicted octanol–water partition coefficient (Wildman–Crippen LogP) is 3.47. The van der Waals surface area contributed by atoms with Crippen molar-refractivity contribution in [3.8, 4) is 0 Å². The normalized spacial score (nSPS) is 17.4. The van der Waals surface area contributed by atoms with E-state index in [1.807, 2.05) is 22.6 Å². The van der Waals surface area contributed by atoms with Gasteiger partial charge in [0.25, 0.3) is 5.91 Å². The number of piperazine rings is 1. The number of pyridine rings is 1. The van der Waals surface area contributed by atoms with Gasteiger partial charge in [-0.05, 0) is 58.0 Å². The number of benzene rings is 1. The number of fused-ring (bicyclic) bond motifs is 5. The molecule has 0 spiro atoms. The maximum Gasteiger partial charge on any atom is 0.258 e. The second-order valence-corrected chi connectivity index (χ2v) is 11.9. The van der Waals surface area contributed by atoms with Crippen molar-refractivity contribution in [2.24, 2.45) is 0 Å². The summed E-state index contributed by atoms with van der Waals surface area (Å²) < 4.78 is 2.82. The molecule has 11 heteroatoms. The number of aromatic nitrogens is 3. The third-order valence-corrected chi connectivity index (χ3v) is 9.05. The van der Waals surface area contributed by atoms with Crippen molar-refractivity contribution in [1.29, 1.82) is 0 Å². The van der Waals surface area contributed by atoms with Crippen molar-refractivity contribution in [2.45, 2.75) is 32.7 Å². The highest BCUT2D eigenvalue weighted by atomic mass is 35.5. The Kier molecular flexibility index (Phi) is 6.98. The number of halogens is 1. The summed E-state index contributed by atoms with van der Waals surface area (Å²) in [6.45, 7) is 11.3. The Labute approximate surface area is 230 Å². The maximum atomic E-state index is 13.7. The molecular weight excluding hydrogens is 522 g/mol. The van der Waals surface area contributed by atoms with Gasteiger partial charge in [-0.3, -0.25) is 18.9 Å². The van der Waals surface area contributed by atoms with Crippen LogP contribution in [0.4, 0.5) is 5.95 Å². The molecule has 2 saturated heterocycles. The minimum Gasteiger partial charge on any atom is -0.351 e. The molecule has 5 heterocycles. The Balaban J connectivity index is 1.43. The number of likely N-dealkylation sites (tertiary alicyclic amines) is 1. The third kappa shape index (κ3) is 4.64. The van der Waals surface area contributed by atoms with Gasteiger partial charge in [0, 0.05) is 56.5 Å². The van der Waals surface area contributed by atoms with Crippen LogP contribution in [0.1, 0.15) is 37.0 Å². The highest BCUT2D eigenvalue weighted by molar-refractivity contribution is 7.24. The van der Waals surface area contributed by atoms with Crippen LogP contribution in [0.3, 0.4) is 0 Å². The zero-order valence-corrected chi connectivity index (χ0v) is 23.3. The van der Waals surface area contributed by atoms with Crippen LogP contribution in [0.2, 0.25) is 5.02 Å². The monoisotopic (exact) mass is 553 g/mol. The maximum absolute atomic E-state index is 13.7. The lowest BCUT2D eigenvalue weighted by Crippen LogP contribution is -2.49. The van der Waals surface area contributed by atoms with Crippen LogP contribution in [0.25, 0.3) is 26.1 Å². The molecule has 0 saturated carbocycles. The van der Waals surface area contributed by atoms with E-state index < -0.39 is 0 Å². The molecular formula is C27H32ClN7O2S. The van der Waals surface area contributed by atoms with E-state index in [0.29, 0.717) is 39.4 Å². The quantitative estimate of drug-likeness (QED) is 0.391. The van der Waals surface area contributed by atoms with Crippen molar-refractivity contribution < 1.29 is 4.79 Å². The summed E-state index contributed by atoms with van der Waals surface area (Å²) in [5.41, 5.74) is 1.17. The zero-order valence-electron chi connectivity index (χ0n) is 21.7. The summed E-state index contributed by atoms with van der Waals surface area (Å²) in [6, 6.07) is 6.11. The Bertz CT molecular complexity index is 1570. The second kappa shape index (κ2) is 10.4. The number of carbonyl (C=O) groups excluding carboxylic acids is 1. The molecule has 2 aliphatic heterocycles. The smallest absolute Gasteiger partial charge is 0.258 e. The standard InChI is InChI=1S/C27H32ClN7O2S/c1-17(2)33-11-13-34(14-12-33)27-30-16-19-23(36)22(25(37)29-7-10-32-8-3-4-9-32)26-35(24(19)31-27)20-6-5-18(28)15-21(20)38-26/h5-6,15-17H,3-4,7-14H2,1-2H3,(H,29,37). The van der Waals surface area contributed by atoms with Gasteiger partial charge in [-0.25, -0.2) is 4.98 Å². The molecule has 0 aliphatic carbocycles. The van der Waals surface area contributed by atoms with Crippen molar-refractivity contribution in [1.82, 2.24) is 29.5 Å². The van der Waals surface area contributed by atoms with Crippen molar-refractivity contribution in [2.75, 3.05) is 57.3 Å². The van der Waals surface area contributed by atoms with Crippen molar-refractivity contribution in [3.63, 3.8) is 0 Å². The fourth-order valence-corrected chi connectivity index (χ4v) is 6.98. The number of amides is 1. The summed E-state index contributed by atoms with van der Waals surface area (Å²) in [7, 11) is 0. The van der Waals surface area contributed by atoms with E-state index in [9.17, 15) is 9.59 Å². The average Bonchev–Trinajstić information content (AvgIpc) is 3.56. The highest BCUT2D eigenvalue weighted by Gasteiger charge is 2.25. The number of nitrogens with one attached hydrogen (secondary N) is 1. The van der Waals surface area contributed by atoms with Gasteiger partial charge in [-0.2, -0.15) is 4.98 Å². The Hall–Kier alpha value is -2.79. The lowest BCUT2D eigenvalue weighted by atomic mass is 10.2. The van der Waals surface area contributed by atoms with Gasteiger partial charge in [-0.1, -0.05) is 11.6 Å². The lowest BCUT2D eigenvalue weighted by Gasteiger charge is -2.36. The van der Waals surface area contributed by atoms with Crippen molar-refractivity contribution in [3.05, 3.63) is 45.2 Å². The van der Waals surface area contributed by atoms with E-state index in [2.05, 4.69) is 38.8 Å². The van der Waals surface area contributed by atoms with Crippen LogP contribution in [0, 0.1) is 0 Å². The molecule has 2 aliphatic rings. The van der Waals surface area contributed by atoms with E-state index >= 15 is 0 Å². The molecule has 0 atom stereocenters. The number of nitrogens with zero attached hydrogens (tertiary/aromatic N) is 6. The summed E-state index contributed by atoms with van der Waals surface area (Å²) in [5, 5.41) is 3.93. The first kappa shape index (κ1) is 25.5. The molecule has 9 nitrogen and oxygen atoms in total. The van der Waals surface area contributed by atoms with Gasteiger partial charge in [0.05, 0.1) is 15.6 Å². The van der Waals surface area contributed by atoms with E-state index in [1.54, 1.807) is 6.20 Å². The molecule has 200 valence electrons. The molecule has 0 radical (unpaired) electrons. The SMILES string of the molecule is CC(C)N1CCN(c2ncc3c(=O)c(C(=O)NCCN4CCCC4)c4sc5cc(Cl)ccc5n4c3n2)CC1. The lowest BCUT2D eigenvalue weighted by molar-refractivity contribution is 0.0950. The number of thiazole rings is 1. The van der Waals surface area contributed by atoms with Crippen LogP contribution in [-0.2, 0) is 0 Å². The third-order valence-electron chi connectivity index (χ3n) is 7.69. The fraction of sp³-hybridized carbons (Fsp3) is 0.481. The number of anilines is 1. The second-order valence-electron chi connectivity index (χ2n) is 10.4. The minimum absolute atomic E-state index is 0.137. The number of rotatable bonds is 6. The molecule has 3 aromatic heterocycles. The van der Waals surface area contributed by atoms with E-state index in [-0.39, 0.29) is 16.9 Å². The largest absolute Gasteiger partial charge is 0.351 e. The van der Waals surface area contributed by atoms with E-state index in [4.69, 9.17) is 16.6 Å². The first-order valence-corrected chi connectivity index (χ1v) is 14.5. The van der Waals surface area contributed by atoms with Gasteiger partial charge in [0.15, 0.2) is 5.65 Å². The summed E-state index contributed by atoms with van der Waals surface area (Å²) in [6.07, 6.45) is 3.97. The molecule has 2 fully saturated rings. The highest BCUT2D eigenvalue weighted by Crippen LogP contribution is 2.32. The van der Waals surface area contributed by atoms with Gasteiger partial charge >= 0.3 is 0 Å². The Morgan fingerprint density at radius 1 is 1.13 bits per heavy atom. The number of carbonyl (C=O) groups is 1. The molecule has 4 aromatic rings. The fourth-order valence-electron chi connectivity index (χ4n) is 5.53. The minimum atomic E-state index is -0.361. The topological polar surface area (TPSA) is 86.1 Å². The molecule has 0 unspecified atom stereocenters. The average molecular weight is 554 g/mol. The summed E-state index contributed by atoms with van der Waals surface area (Å²) >= 11 is 7.70. The zero-order chi connectivity index (χ0) is 26.4. The number of hydrogen-bond acceptors (Lipinski definition) is 8. The predicted molar refractivity (Wildman–Crippen MR) is 154 cm³/mol. The van der Waals surface area contributed by atoms with Crippen LogP contribution in [0.5, 0.6) is 0 Å². The van der Waals surface area contributed by atoms with Gasteiger partial charge < -0.3 is 15.1 Å². The molecule has 0 bridgehead atoms. The van der Waals surface area contributed by atoms with Gasteiger partial charge in [-0.15, -0.1) is 11.3 Å². The van der Waals surface area contributed by atoms with Gasteiger partial charge in [0.1, 0.15) is 10.4 Å². The Morgan fingerprint density at radius 3 is 2.63 bits per heavy atom.